The summed E-state index contributed by atoms with van der Waals surface area (Å²) >= 11 is 0. The first kappa shape index (κ1) is 17.3. The Morgan fingerprint density at radius 1 is 1.53 bits per heavy atom. The molecule has 1 atom stereocenters. The molecule has 0 heterocycles. The van der Waals surface area contributed by atoms with Crippen molar-refractivity contribution in [3.8, 4) is 6.07 Å². The minimum atomic E-state index is -3.87. The molecular weight excluding hydrogens is 278 g/mol. The van der Waals surface area contributed by atoms with Crippen LogP contribution in [-0.2, 0) is 9.53 Å². The zero-order chi connectivity index (χ0) is 13.8. The SMILES string of the molecule is CCOC(=O)C(F)(F)[C@@H](N)c1ccccc1C#N.Cl. The molecule has 0 aliphatic heterocycles. The predicted octanol–water partition coefficient (Wildman–Crippen LogP) is 2.18. The Morgan fingerprint density at radius 3 is 2.63 bits per heavy atom. The third-order valence-corrected chi connectivity index (χ3v) is 2.35. The predicted molar refractivity (Wildman–Crippen MR) is 66.9 cm³/mol. The van der Waals surface area contributed by atoms with E-state index in [2.05, 4.69) is 4.74 Å². The molecule has 0 radical (unpaired) electrons. The van der Waals surface area contributed by atoms with E-state index in [1.807, 2.05) is 0 Å². The number of nitrogens with zero attached hydrogens (tertiary/aromatic N) is 1. The number of hydrogen-bond donors (Lipinski definition) is 1. The minimum absolute atomic E-state index is 0. The van der Waals surface area contributed by atoms with Crippen molar-refractivity contribution in [1.29, 1.82) is 5.26 Å². The Bertz CT molecular complexity index is 489. The van der Waals surface area contributed by atoms with Gasteiger partial charge in [0.1, 0.15) is 6.04 Å². The number of carbonyl (C=O) groups excluding carboxylic acids is 1. The van der Waals surface area contributed by atoms with E-state index in [4.69, 9.17) is 11.0 Å². The van der Waals surface area contributed by atoms with Crippen molar-refractivity contribution in [2.24, 2.45) is 5.73 Å². The van der Waals surface area contributed by atoms with Crippen molar-refractivity contribution < 1.29 is 18.3 Å². The number of esters is 1. The van der Waals surface area contributed by atoms with Gasteiger partial charge in [-0.2, -0.15) is 14.0 Å². The zero-order valence-corrected chi connectivity index (χ0v) is 10.9. The molecule has 0 fully saturated rings. The molecule has 104 valence electrons. The Hall–Kier alpha value is -1.71. The topological polar surface area (TPSA) is 76.1 Å². The molecule has 19 heavy (non-hydrogen) atoms. The van der Waals surface area contributed by atoms with Crippen LogP contribution in [-0.4, -0.2) is 18.5 Å². The average Bonchev–Trinajstić information content (AvgIpc) is 2.38. The maximum absolute atomic E-state index is 13.7. The lowest BCUT2D eigenvalue weighted by atomic mass is 9.97. The quantitative estimate of drug-likeness (QED) is 0.862. The van der Waals surface area contributed by atoms with Gasteiger partial charge < -0.3 is 10.5 Å². The van der Waals surface area contributed by atoms with Crippen LogP contribution < -0.4 is 5.73 Å². The van der Waals surface area contributed by atoms with Crippen LogP contribution in [0, 0.1) is 11.3 Å². The second-order valence-corrected chi connectivity index (χ2v) is 3.52. The van der Waals surface area contributed by atoms with Gasteiger partial charge in [0, 0.05) is 0 Å². The number of nitriles is 1. The summed E-state index contributed by atoms with van der Waals surface area (Å²) in [5.74, 6) is -5.56. The molecule has 0 bridgehead atoms. The van der Waals surface area contributed by atoms with Crippen molar-refractivity contribution >= 4 is 18.4 Å². The summed E-state index contributed by atoms with van der Waals surface area (Å²) in [5, 5.41) is 8.81. The number of ether oxygens (including phenoxy) is 1. The summed E-state index contributed by atoms with van der Waals surface area (Å²) < 4.78 is 31.7. The van der Waals surface area contributed by atoms with Gasteiger partial charge in [0.15, 0.2) is 0 Å². The molecular formula is C12H13ClF2N2O2. The van der Waals surface area contributed by atoms with Crippen LogP contribution in [0.4, 0.5) is 8.78 Å². The van der Waals surface area contributed by atoms with E-state index in [1.54, 1.807) is 6.07 Å². The van der Waals surface area contributed by atoms with Gasteiger partial charge in [-0.3, -0.25) is 0 Å². The molecule has 1 aromatic rings. The van der Waals surface area contributed by atoms with Gasteiger partial charge in [-0.05, 0) is 18.6 Å². The molecule has 0 aliphatic rings. The van der Waals surface area contributed by atoms with Gasteiger partial charge in [0.05, 0.1) is 18.2 Å². The minimum Gasteiger partial charge on any atom is -0.462 e. The first-order valence-electron chi connectivity index (χ1n) is 5.24. The first-order chi connectivity index (χ1) is 8.45. The lowest BCUT2D eigenvalue weighted by Crippen LogP contribution is -2.42. The van der Waals surface area contributed by atoms with Crippen molar-refractivity contribution in [2.45, 2.75) is 18.9 Å². The Balaban J connectivity index is 0.00000324. The smallest absolute Gasteiger partial charge is 0.379 e. The van der Waals surface area contributed by atoms with E-state index in [0.717, 1.165) is 0 Å². The van der Waals surface area contributed by atoms with Crippen LogP contribution in [0.3, 0.4) is 0 Å². The molecule has 0 unspecified atom stereocenters. The second kappa shape index (κ2) is 7.02. The Morgan fingerprint density at radius 2 is 2.11 bits per heavy atom. The molecule has 0 aliphatic carbocycles. The standard InChI is InChI=1S/C12H12F2N2O2.ClH/c1-2-18-11(17)12(13,14)10(16)9-6-4-3-5-8(9)7-15;/h3-6,10H,2,16H2,1H3;1H/t10-;/m0./s1. The van der Waals surface area contributed by atoms with E-state index in [0.29, 0.717) is 0 Å². The van der Waals surface area contributed by atoms with Crippen molar-refractivity contribution in [3.05, 3.63) is 35.4 Å². The van der Waals surface area contributed by atoms with Crippen LogP contribution in [0.5, 0.6) is 0 Å². The van der Waals surface area contributed by atoms with Crippen LogP contribution in [0.15, 0.2) is 24.3 Å². The number of rotatable bonds is 4. The maximum Gasteiger partial charge on any atom is 0.379 e. The highest BCUT2D eigenvalue weighted by Crippen LogP contribution is 2.32. The molecule has 4 nitrogen and oxygen atoms in total. The van der Waals surface area contributed by atoms with E-state index in [1.165, 1.54) is 31.2 Å². The first-order valence-corrected chi connectivity index (χ1v) is 5.24. The zero-order valence-electron chi connectivity index (χ0n) is 10.1. The normalized spacial score (nSPS) is 11.9. The highest BCUT2D eigenvalue weighted by molar-refractivity contribution is 5.85. The Labute approximate surface area is 115 Å². The number of halogens is 3. The largest absolute Gasteiger partial charge is 0.462 e. The molecule has 0 aromatic heterocycles. The highest BCUT2D eigenvalue weighted by atomic mass is 35.5. The van der Waals surface area contributed by atoms with Gasteiger partial charge in [-0.1, -0.05) is 18.2 Å². The van der Waals surface area contributed by atoms with Gasteiger partial charge in [-0.25, -0.2) is 4.79 Å². The van der Waals surface area contributed by atoms with E-state index in [9.17, 15) is 13.6 Å². The monoisotopic (exact) mass is 290 g/mol. The molecule has 1 aromatic carbocycles. The number of carbonyl (C=O) groups is 1. The summed E-state index contributed by atoms with van der Waals surface area (Å²) in [5.41, 5.74) is 5.30. The number of hydrogen-bond acceptors (Lipinski definition) is 4. The van der Waals surface area contributed by atoms with E-state index >= 15 is 0 Å². The summed E-state index contributed by atoms with van der Waals surface area (Å²) in [4.78, 5) is 11.1. The van der Waals surface area contributed by atoms with Crippen molar-refractivity contribution in [2.75, 3.05) is 6.61 Å². The van der Waals surface area contributed by atoms with Gasteiger partial charge in [0.25, 0.3) is 0 Å². The summed E-state index contributed by atoms with van der Waals surface area (Å²) in [6.45, 7) is 1.25. The summed E-state index contributed by atoms with van der Waals surface area (Å²) in [6, 6.07) is 5.48. The van der Waals surface area contributed by atoms with Gasteiger partial charge >= 0.3 is 11.9 Å². The third-order valence-electron chi connectivity index (χ3n) is 2.35. The molecule has 1 rings (SSSR count). The third kappa shape index (κ3) is 3.63. The fourth-order valence-corrected chi connectivity index (χ4v) is 1.42. The van der Waals surface area contributed by atoms with Crippen molar-refractivity contribution in [3.63, 3.8) is 0 Å². The molecule has 7 heteroatoms. The molecule has 0 saturated heterocycles. The van der Waals surface area contributed by atoms with E-state index < -0.39 is 17.9 Å². The van der Waals surface area contributed by atoms with Crippen LogP contribution in [0.25, 0.3) is 0 Å². The second-order valence-electron chi connectivity index (χ2n) is 3.52. The van der Waals surface area contributed by atoms with Crippen molar-refractivity contribution in [1.82, 2.24) is 0 Å². The molecule has 0 saturated carbocycles. The van der Waals surface area contributed by atoms with Gasteiger partial charge in [0.2, 0.25) is 0 Å². The fourth-order valence-electron chi connectivity index (χ4n) is 1.42. The van der Waals surface area contributed by atoms with Crippen LogP contribution >= 0.6 is 12.4 Å². The lowest BCUT2D eigenvalue weighted by molar-refractivity contribution is -0.174. The average molecular weight is 291 g/mol. The molecule has 0 spiro atoms. The fraction of sp³-hybridized carbons (Fsp3) is 0.333. The maximum atomic E-state index is 13.7. The van der Waals surface area contributed by atoms with Crippen LogP contribution in [0.1, 0.15) is 24.1 Å². The lowest BCUT2D eigenvalue weighted by Gasteiger charge is -2.22. The van der Waals surface area contributed by atoms with E-state index in [-0.39, 0.29) is 30.1 Å². The molecule has 2 N–H and O–H groups in total. The summed E-state index contributed by atoms with van der Waals surface area (Å²) in [7, 11) is 0. The highest BCUT2D eigenvalue weighted by Gasteiger charge is 2.48. The van der Waals surface area contributed by atoms with Gasteiger partial charge in [-0.15, -0.1) is 12.4 Å². The number of nitrogens with two attached hydrogens (primary N) is 1. The Kier molecular flexibility index (Phi) is 6.39. The molecule has 0 amide bonds. The van der Waals surface area contributed by atoms with Crippen LogP contribution in [0.2, 0.25) is 0 Å². The summed E-state index contributed by atoms with van der Waals surface area (Å²) in [6.07, 6.45) is 0. The number of benzene rings is 1. The number of alkyl halides is 2.